The maximum absolute atomic E-state index is 13.8. The number of fused-ring (bicyclic) bond motifs is 1. The normalized spacial score (nSPS) is 16.1. The molecule has 206 valence electrons. The first kappa shape index (κ1) is 26.0. The number of hydrogen-bond acceptors (Lipinski definition) is 8. The van der Waals surface area contributed by atoms with Gasteiger partial charge in [0, 0.05) is 29.6 Å². The number of hydrogen-bond donors (Lipinski definition) is 1. The highest BCUT2D eigenvalue weighted by Crippen LogP contribution is 2.31. The fourth-order valence-corrected chi connectivity index (χ4v) is 5.34. The number of furan rings is 1. The number of aromatic amines is 1. The zero-order chi connectivity index (χ0) is 27.3. The Morgan fingerprint density at radius 2 is 2.02 bits per heavy atom. The average Bonchev–Trinajstić information content (AvgIpc) is 3.75. The predicted octanol–water partition coefficient (Wildman–Crippen LogP) is 4.48. The summed E-state index contributed by atoms with van der Waals surface area (Å²) in [6, 6.07) is 21.0. The van der Waals surface area contributed by atoms with Gasteiger partial charge < -0.3 is 18.9 Å². The highest BCUT2D eigenvalue weighted by atomic mass is 16.5. The molecule has 0 bridgehead atoms. The molecule has 5 aromatic rings. The van der Waals surface area contributed by atoms with Crippen molar-refractivity contribution in [3.8, 4) is 5.75 Å². The molecule has 0 amide bonds. The number of H-pyrrole nitrogens is 1. The highest BCUT2D eigenvalue weighted by Gasteiger charge is 2.32. The van der Waals surface area contributed by atoms with Crippen molar-refractivity contribution in [2.24, 2.45) is 0 Å². The lowest BCUT2D eigenvalue weighted by atomic mass is 10.0. The average molecular weight is 541 g/mol. The standard InChI is InChI=1S/C30H32N6O4/c1-2-38-23-12-13-27-22(16-23)17-26(30(37)31-27)28(29-32-33-34-36(29)20-25-11-7-15-40-25)35(19-24-10-6-14-39-24)18-21-8-4-3-5-9-21/h3-6,8-10,12-14,16-17,25,28H,2,7,11,15,18-20H2,1H3,(H,31,37)/t25-,28+/m1/s1. The third kappa shape index (κ3) is 5.68. The van der Waals surface area contributed by atoms with E-state index in [2.05, 4.69) is 37.5 Å². The number of aromatic nitrogens is 5. The van der Waals surface area contributed by atoms with Crippen molar-refractivity contribution in [1.82, 2.24) is 30.1 Å². The summed E-state index contributed by atoms with van der Waals surface area (Å²) in [6.07, 6.45) is 3.64. The monoisotopic (exact) mass is 540 g/mol. The maximum atomic E-state index is 13.8. The van der Waals surface area contributed by atoms with E-state index < -0.39 is 6.04 Å². The van der Waals surface area contributed by atoms with Crippen molar-refractivity contribution in [3.63, 3.8) is 0 Å². The second-order valence-electron chi connectivity index (χ2n) is 9.96. The molecular formula is C30H32N6O4. The van der Waals surface area contributed by atoms with Gasteiger partial charge in [-0.3, -0.25) is 9.69 Å². The van der Waals surface area contributed by atoms with Crippen molar-refractivity contribution in [2.75, 3.05) is 13.2 Å². The van der Waals surface area contributed by atoms with Gasteiger partial charge in [-0.15, -0.1) is 5.10 Å². The molecule has 0 saturated carbocycles. The first-order valence-electron chi connectivity index (χ1n) is 13.7. The van der Waals surface area contributed by atoms with Crippen LogP contribution in [-0.2, 0) is 24.4 Å². The molecule has 1 aliphatic heterocycles. The molecule has 1 saturated heterocycles. The van der Waals surface area contributed by atoms with Crippen LogP contribution in [0.4, 0.5) is 0 Å². The topological polar surface area (TPSA) is 111 Å². The van der Waals surface area contributed by atoms with Crippen LogP contribution in [0.3, 0.4) is 0 Å². The largest absolute Gasteiger partial charge is 0.494 e. The Labute approximate surface area is 231 Å². The maximum Gasteiger partial charge on any atom is 0.253 e. The van der Waals surface area contributed by atoms with Gasteiger partial charge in [-0.25, -0.2) is 4.68 Å². The number of tetrazole rings is 1. The van der Waals surface area contributed by atoms with Gasteiger partial charge in [-0.2, -0.15) is 0 Å². The summed E-state index contributed by atoms with van der Waals surface area (Å²) in [5.41, 5.74) is 2.15. The van der Waals surface area contributed by atoms with Crippen LogP contribution in [0.5, 0.6) is 5.75 Å². The minimum absolute atomic E-state index is 0.0270. The lowest BCUT2D eigenvalue weighted by molar-refractivity contribution is 0.0901. The quantitative estimate of drug-likeness (QED) is 0.261. The molecule has 2 atom stereocenters. The number of pyridine rings is 1. The van der Waals surface area contributed by atoms with Crippen LogP contribution in [0.15, 0.2) is 82.2 Å². The van der Waals surface area contributed by atoms with E-state index in [-0.39, 0.29) is 11.7 Å². The van der Waals surface area contributed by atoms with E-state index in [1.807, 2.05) is 61.5 Å². The molecule has 2 aromatic carbocycles. The molecule has 1 fully saturated rings. The van der Waals surface area contributed by atoms with Crippen LogP contribution in [0.2, 0.25) is 0 Å². The summed E-state index contributed by atoms with van der Waals surface area (Å²) in [4.78, 5) is 19.0. The van der Waals surface area contributed by atoms with Gasteiger partial charge in [-0.1, -0.05) is 30.3 Å². The van der Waals surface area contributed by atoms with Gasteiger partial charge in [0.05, 0.1) is 32.1 Å². The minimum atomic E-state index is -0.578. The summed E-state index contributed by atoms with van der Waals surface area (Å²) in [5, 5.41) is 13.7. The van der Waals surface area contributed by atoms with Gasteiger partial charge in [0.15, 0.2) is 5.82 Å². The van der Waals surface area contributed by atoms with Crippen molar-refractivity contribution in [1.29, 1.82) is 0 Å². The SMILES string of the molecule is CCOc1ccc2[nH]c(=O)c([C@@H](c3nnnn3C[C@H]3CCCO3)N(Cc3ccccc3)Cc3ccco3)cc2c1. The summed E-state index contributed by atoms with van der Waals surface area (Å²) in [7, 11) is 0. The molecule has 0 spiro atoms. The van der Waals surface area contributed by atoms with Crippen molar-refractivity contribution in [3.05, 3.63) is 106 Å². The minimum Gasteiger partial charge on any atom is -0.494 e. The molecule has 0 unspecified atom stereocenters. The number of nitrogens with one attached hydrogen (secondary N) is 1. The molecule has 10 nitrogen and oxygen atoms in total. The van der Waals surface area contributed by atoms with Crippen LogP contribution in [-0.4, -0.2) is 49.4 Å². The first-order chi connectivity index (χ1) is 19.7. The lowest BCUT2D eigenvalue weighted by Crippen LogP contribution is -2.35. The first-order valence-corrected chi connectivity index (χ1v) is 13.7. The van der Waals surface area contributed by atoms with Gasteiger partial charge >= 0.3 is 0 Å². The number of ether oxygens (including phenoxy) is 2. The third-order valence-corrected chi connectivity index (χ3v) is 7.19. The zero-order valence-electron chi connectivity index (χ0n) is 22.4. The van der Waals surface area contributed by atoms with E-state index in [0.717, 1.165) is 47.4 Å². The Bertz CT molecular complexity index is 1590. The van der Waals surface area contributed by atoms with Crippen molar-refractivity contribution >= 4 is 10.9 Å². The van der Waals surface area contributed by atoms with Gasteiger partial charge in [0.1, 0.15) is 17.6 Å². The summed E-state index contributed by atoms with van der Waals surface area (Å²) in [5.74, 6) is 2.09. The Morgan fingerprint density at radius 3 is 2.80 bits per heavy atom. The smallest absolute Gasteiger partial charge is 0.253 e. The number of nitrogens with zero attached hydrogens (tertiary/aromatic N) is 5. The zero-order valence-corrected chi connectivity index (χ0v) is 22.4. The van der Waals surface area contributed by atoms with E-state index in [1.54, 1.807) is 10.9 Å². The molecule has 3 aromatic heterocycles. The van der Waals surface area contributed by atoms with Crippen molar-refractivity contribution < 1.29 is 13.9 Å². The van der Waals surface area contributed by atoms with Crippen LogP contribution in [0, 0.1) is 0 Å². The molecule has 4 heterocycles. The Balaban J connectivity index is 1.50. The third-order valence-electron chi connectivity index (χ3n) is 7.19. The Kier molecular flexibility index (Phi) is 7.69. The van der Waals surface area contributed by atoms with Crippen molar-refractivity contribution in [2.45, 2.75) is 51.5 Å². The number of rotatable bonds is 11. The van der Waals surface area contributed by atoms with E-state index in [9.17, 15) is 4.79 Å². The molecule has 0 aliphatic carbocycles. The van der Waals surface area contributed by atoms with Crippen LogP contribution >= 0.6 is 0 Å². The fraction of sp³-hybridized carbons (Fsp3) is 0.333. The number of benzene rings is 2. The second kappa shape index (κ2) is 11.8. The second-order valence-corrected chi connectivity index (χ2v) is 9.96. The van der Waals surface area contributed by atoms with Crippen LogP contribution in [0.1, 0.15) is 48.5 Å². The molecule has 0 radical (unpaired) electrons. The highest BCUT2D eigenvalue weighted by molar-refractivity contribution is 5.80. The van der Waals surface area contributed by atoms with E-state index in [0.29, 0.717) is 37.6 Å². The van der Waals surface area contributed by atoms with Gasteiger partial charge in [0.25, 0.3) is 5.56 Å². The lowest BCUT2D eigenvalue weighted by Gasteiger charge is -2.30. The van der Waals surface area contributed by atoms with E-state index in [4.69, 9.17) is 13.9 Å². The Hall–Kier alpha value is -4.28. The summed E-state index contributed by atoms with van der Waals surface area (Å²) >= 11 is 0. The van der Waals surface area contributed by atoms with Gasteiger partial charge in [-0.05, 0) is 72.2 Å². The molecule has 6 rings (SSSR count). The van der Waals surface area contributed by atoms with E-state index >= 15 is 0 Å². The molecule has 1 N–H and O–H groups in total. The Morgan fingerprint density at radius 1 is 1.12 bits per heavy atom. The predicted molar refractivity (Wildman–Crippen MR) is 149 cm³/mol. The van der Waals surface area contributed by atoms with E-state index in [1.165, 1.54) is 0 Å². The molecule has 1 aliphatic rings. The summed E-state index contributed by atoms with van der Waals surface area (Å²) in [6.45, 7) is 4.72. The molecule has 40 heavy (non-hydrogen) atoms. The van der Waals surface area contributed by atoms with Crippen LogP contribution < -0.4 is 10.3 Å². The summed E-state index contributed by atoms with van der Waals surface area (Å²) < 4.78 is 19.2. The molecule has 10 heteroatoms. The van der Waals surface area contributed by atoms with Gasteiger partial charge in [0.2, 0.25) is 0 Å². The van der Waals surface area contributed by atoms with Crippen LogP contribution in [0.25, 0.3) is 10.9 Å². The molecular weight excluding hydrogens is 508 g/mol. The fourth-order valence-electron chi connectivity index (χ4n) is 5.34.